The quantitative estimate of drug-likeness (QED) is 0.769. The maximum Gasteiger partial charge on any atom is 0.200 e. The third kappa shape index (κ3) is 1.10. The van der Waals surface area contributed by atoms with Crippen LogP contribution in [0.3, 0.4) is 0 Å². The van der Waals surface area contributed by atoms with Crippen molar-refractivity contribution in [1.29, 1.82) is 0 Å². The summed E-state index contributed by atoms with van der Waals surface area (Å²) in [5.41, 5.74) is 1.49. The molecule has 4 rings (SSSR count). The predicted octanol–water partition coefficient (Wildman–Crippen LogP) is 2.66. The normalized spacial score (nSPS) is 17.3. The summed E-state index contributed by atoms with van der Waals surface area (Å²) in [4.78, 5) is 16.9. The smallest absolute Gasteiger partial charge is 0.200 e. The molecule has 0 radical (unpaired) electrons. The zero-order valence-electron chi connectivity index (χ0n) is 8.86. The Kier molecular flexibility index (Phi) is 1.64. The number of carbonyl (C=O) groups excluding carboxylic acids is 1. The number of carbonyl (C=O) groups is 1. The Hall–Kier alpha value is -1.94. The van der Waals surface area contributed by atoms with Gasteiger partial charge in [0, 0.05) is 16.6 Å². The molecule has 4 heteroatoms. The van der Waals surface area contributed by atoms with Gasteiger partial charge in [0.15, 0.2) is 5.78 Å². The maximum atomic E-state index is 12.4. The summed E-state index contributed by atoms with van der Waals surface area (Å²) in [5.74, 6) is 0.835. The summed E-state index contributed by atoms with van der Waals surface area (Å²) in [5, 5.41) is 4.97. The summed E-state index contributed by atoms with van der Waals surface area (Å²) >= 11 is 1.58. The van der Waals surface area contributed by atoms with Gasteiger partial charge in [-0.2, -0.15) is 0 Å². The molecule has 0 amide bonds. The fourth-order valence-electron chi connectivity index (χ4n) is 2.31. The number of fused-ring (bicyclic) bond motifs is 4. The third-order valence-electron chi connectivity index (χ3n) is 3.09. The monoisotopic (exact) mass is 240 g/mol. The fourth-order valence-corrected chi connectivity index (χ4v) is 3.39. The number of rotatable bonds is 0. The summed E-state index contributed by atoms with van der Waals surface area (Å²) < 4.78 is 1.12. The predicted molar refractivity (Wildman–Crippen MR) is 69.3 cm³/mol. The van der Waals surface area contributed by atoms with Crippen molar-refractivity contribution >= 4 is 38.0 Å². The zero-order chi connectivity index (χ0) is 11.4. The van der Waals surface area contributed by atoms with E-state index in [1.807, 2.05) is 30.3 Å². The van der Waals surface area contributed by atoms with Gasteiger partial charge >= 0.3 is 0 Å². The highest BCUT2D eigenvalue weighted by molar-refractivity contribution is 7.23. The Balaban J connectivity index is 2.11. The second-order valence-electron chi connectivity index (χ2n) is 4.07. The lowest BCUT2D eigenvalue weighted by Gasteiger charge is -2.10. The molecule has 0 spiro atoms. The number of hydrogen-bond donors (Lipinski definition) is 1. The number of amidine groups is 1. The molecule has 0 atom stereocenters. The largest absolute Gasteiger partial charge is 0.366 e. The first-order chi connectivity index (χ1) is 8.34. The van der Waals surface area contributed by atoms with Crippen molar-refractivity contribution in [2.24, 2.45) is 4.99 Å². The van der Waals surface area contributed by atoms with Crippen molar-refractivity contribution < 1.29 is 4.79 Å². The van der Waals surface area contributed by atoms with Crippen molar-refractivity contribution in [2.75, 3.05) is 6.54 Å². The first-order valence-corrected chi connectivity index (χ1v) is 6.25. The van der Waals surface area contributed by atoms with Crippen LogP contribution in [0.1, 0.15) is 10.4 Å². The van der Waals surface area contributed by atoms with Crippen molar-refractivity contribution in [3.8, 4) is 0 Å². The van der Waals surface area contributed by atoms with Crippen LogP contribution in [0.25, 0.3) is 10.1 Å². The van der Waals surface area contributed by atoms with E-state index in [1.165, 1.54) is 0 Å². The van der Waals surface area contributed by atoms with Crippen LogP contribution < -0.4 is 5.32 Å². The zero-order valence-corrected chi connectivity index (χ0v) is 9.67. The van der Waals surface area contributed by atoms with Gasteiger partial charge in [-0.1, -0.05) is 24.3 Å². The lowest BCUT2D eigenvalue weighted by Crippen LogP contribution is -2.23. The number of nitrogens with zero attached hydrogens (tertiary/aromatic N) is 1. The van der Waals surface area contributed by atoms with Crippen LogP contribution in [0.4, 0.5) is 5.00 Å². The van der Waals surface area contributed by atoms with Gasteiger partial charge in [0.25, 0.3) is 0 Å². The van der Waals surface area contributed by atoms with Crippen LogP contribution in [0.15, 0.2) is 40.9 Å². The minimum atomic E-state index is 0.104. The molecule has 1 aromatic carbocycles. The molecule has 0 saturated heterocycles. The molecule has 0 bridgehead atoms. The number of benzene rings is 1. The van der Waals surface area contributed by atoms with Crippen molar-refractivity contribution in [3.05, 3.63) is 41.5 Å². The molecule has 1 aromatic heterocycles. The Bertz CT molecular complexity index is 724. The number of ketones is 1. The van der Waals surface area contributed by atoms with Gasteiger partial charge in [0.2, 0.25) is 0 Å². The number of Topliss-reactive ketones (excluding diaryl/α,β-unsaturated/α-hetero) is 1. The van der Waals surface area contributed by atoms with E-state index in [-0.39, 0.29) is 5.78 Å². The molecule has 0 aliphatic carbocycles. The van der Waals surface area contributed by atoms with E-state index in [9.17, 15) is 4.79 Å². The van der Waals surface area contributed by atoms with Gasteiger partial charge in [-0.05, 0) is 6.07 Å². The Labute approximate surface area is 101 Å². The highest BCUT2D eigenvalue weighted by Gasteiger charge is 2.31. The SMILES string of the molecule is O=C1C2=CCNC2=Nc2sc3ccccc3c21. The molecule has 3 heterocycles. The topological polar surface area (TPSA) is 41.5 Å². The maximum absolute atomic E-state index is 12.4. The van der Waals surface area contributed by atoms with E-state index in [0.29, 0.717) is 6.54 Å². The molecule has 0 unspecified atom stereocenters. The van der Waals surface area contributed by atoms with Gasteiger partial charge < -0.3 is 5.32 Å². The molecule has 2 aliphatic heterocycles. The summed E-state index contributed by atoms with van der Waals surface area (Å²) in [6, 6.07) is 7.97. The Morgan fingerprint density at radius 1 is 1.29 bits per heavy atom. The molecule has 0 saturated carbocycles. The first-order valence-electron chi connectivity index (χ1n) is 5.44. The fraction of sp³-hybridized carbons (Fsp3) is 0.0769. The van der Waals surface area contributed by atoms with E-state index in [2.05, 4.69) is 10.3 Å². The van der Waals surface area contributed by atoms with Gasteiger partial charge in [0.1, 0.15) is 10.8 Å². The van der Waals surface area contributed by atoms with E-state index >= 15 is 0 Å². The van der Waals surface area contributed by atoms with Crippen LogP contribution in [0.2, 0.25) is 0 Å². The number of hydrogen-bond acceptors (Lipinski definition) is 4. The standard InChI is InChI=1S/C13H8N2OS/c16-11-8-5-6-14-12(8)15-13-10(11)7-3-1-2-4-9(7)17-13/h1-5H,6H2,(H,14,15). The first kappa shape index (κ1) is 9.13. The average molecular weight is 240 g/mol. The van der Waals surface area contributed by atoms with E-state index < -0.39 is 0 Å². The summed E-state index contributed by atoms with van der Waals surface area (Å²) in [6.45, 7) is 0.701. The van der Waals surface area contributed by atoms with Crippen molar-refractivity contribution in [2.45, 2.75) is 0 Å². The van der Waals surface area contributed by atoms with E-state index in [4.69, 9.17) is 0 Å². The van der Waals surface area contributed by atoms with Crippen LogP contribution in [-0.4, -0.2) is 18.2 Å². The molecule has 1 N–H and O–H groups in total. The lowest BCUT2D eigenvalue weighted by atomic mass is 10.00. The second-order valence-corrected chi connectivity index (χ2v) is 5.10. The molecule has 2 aliphatic rings. The van der Waals surface area contributed by atoms with Crippen LogP contribution in [-0.2, 0) is 0 Å². The van der Waals surface area contributed by atoms with Crippen LogP contribution in [0.5, 0.6) is 0 Å². The van der Waals surface area contributed by atoms with E-state index in [1.54, 1.807) is 11.3 Å². The molecular weight excluding hydrogens is 232 g/mol. The second kappa shape index (κ2) is 3.05. The van der Waals surface area contributed by atoms with Crippen molar-refractivity contribution in [1.82, 2.24) is 5.32 Å². The van der Waals surface area contributed by atoms with Gasteiger partial charge in [-0.15, -0.1) is 11.3 Å². The molecule has 17 heavy (non-hydrogen) atoms. The summed E-state index contributed by atoms with van der Waals surface area (Å²) in [7, 11) is 0. The highest BCUT2D eigenvalue weighted by Crippen LogP contribution is 2.41. The molecular formula is C13H8N2OS. The number of nitrogens with one attached hydrogen (secondary N) is 1. The molecule has 0 fully saturated rings. The lowest BCUT2D eigenvalue weighted by molar-refractivity contribution is 0.104. The van der Waals surface area contributed by atoms with Crippen LogP contribution in [0, 0.1) is 0 Å². The number of thiophene rings is 1. The minimum absolute atomic E-state index is 0.104. The third-order valence-corrected chi connectivity index (χ3v) is 4.16. The minimum Gasteiger partial charge on any atom is -0.366 e. The average Bonchev–Trinajstić information content (AvgIpc) is 2.92. The highest BCUT2D eigenvalue weighted by atomic mass is 32.1. The summed E-state index contributed by atoms with van der Waals surface area (Å²) in [6.07, 6.45) is 1.91. The molecule has 3 nitrogen and oxygen atoms in total. The Morgan fingerprint density at radius 3 is 3.12 bits per heavy atom. The number of aliphatic imine (C=N–C) groups is 1. The van der Waals surface area contributed by atoms with Gasteiger partial charge in [0.05, 0.1) is 11.1 Å². The Morgan fingerprint density at radius 2 is 2.18 bits per heavy atom. The van der Waals surface area contributed by atoms with Crippen LogP contribution >= 0.6 is 11.3 Å². The molecule has 2 aromatic rings. The van der Waals surface area contributed by atoms with Crippen molar-refractivity contribution in [3.63, 3.8) is 0 Å². The van der Waals surface area contributed by atoms with Gasteiger partial charge in [-0.25, -0.2) is 4.99 Å². The molecule has 82 valence electrons. The van der Waals surface area contributed by atoms with Gasteiger partial charge in [-0.3, -0.25) is 4.79 Å². The van der Waals surface area contributed by atoms with E-state index in [0.717, 1.165) is 32.1 Å².